The van der Waals surface area contributed by atoms with E-state index < -0.39 is 16.3 Å². The number of benzene rings is 1. The molecule has 7 nitrogen and oxygen atoms in total. The van der Waals surface area contributed by atoms with Gasteiger partial charge in [-0.15, -0.1) is 0 Å². The molecule has 1 heterocycles. The number of rotatable bonds is 4. The zero-order valence-electron chi connectivity index (χ0n) is 13.1. The predicted molar refractivity (Wildman–Crippen MR) is 88.0 cm³/mol. The first kappa shape index (κ1) is 16.2. The molecule has 0 spiro atoms. The minimum absolute atomic E-state index is 0.0908. The van der Waals surface area contributed by atoms with Gasteiger partial charge in [0.25, 0.3) is 5.91 Å². The molecule has 3 rings (SSSR count). The van der Waals surface area contributed by atoms with Crippen molar-refractivity contribution in [3.8, 4) is 0 Å². The highest BCUT2D eigenvalue weighted by Crippen LogP contribution is 2.25. The first-order chi connectivity index (χ1) is 11.6. The van der Waals surface area contributed by atoms with E-state index in [9.17, 15) is 19.7 Å². The number of nitro benzene ring substituents is 1. The molecule has 0 atom stereocenters. The monoisotopic (exact) mass is 330 g/mol. The van der Waals surface area contributed by atoms with E-state index in [0.717, 1.165) is 31.7 Å². The predicted octanol–water partition coefficient (Wildman–Crippen LogP) is 3.01. The maximum Gasteiger partial charge on any atom is 0.312 e. The second kappa shape index (κ2) is 6.82. The van der Waals surface area contributed by atoms with Crippen molar-refractivity contribution in [2.45, 2.75) is 32.1 Å². The number of amides is 1. The summed E-state index contributed by atoms with van der Waals surface area (Å²) in [6.45, 7) is 0.525. The Bertz CT molecular complexity index is 836. The van der Waals surface area contributed by atoms with E-state index in [1.54, 1.807) is 0 Å². The van der Waals surface area contributed by atoms with Crippen LogP contribution in [0.15, 0.2) is 33.5 Å². The van der Waals surface area contributed by atoms with Crippen LogP contribution in [-0.2, 0) is 0 Å². The molecule has 0 radical (unpaired) electrons. The molecule has 2 aromatic rings. The molecule has 1 saturated carbocycles. The van der Waals surface area contributed by atoms with Gasteiger partial charge in [0.05, 0.1) is 10.3 Å². The highest BCUT2D eigenvalue weighted by molar-refractivity contribution is 5.94. The van der Waals surface area contributed by atoms with Gasteiger partial charge in [0.15, 0.2) is 11.2 Å². The fourth-order valence-corrected chi connectivity index (χ4v) is 3.13. The van der Waals surface area contributed by atoms with Crippen LogP contribution >= 0.6 is 0 Å². The first-order valence-electron chi connectivity index (χ1n) is 8.05. The number of nitrogens with zero attached hydrogens (tertiary/aromatic N) is 1. The van der Waals surface area contributed by atoms with E-state index in [1.807, 2.05) is 0 Å². The molecule has 1 fully saturated rings. The minimum atomic E-state index is -0.630. The molecule has 1 aromatic carbocycles. The third-order valence-corrected chi connectivity index (χ3v) is 4.43. The van der Waals surface area contributed by atoms with Gasteiger partial charge in [-0.05, 0) is 24.8 Å². The normalized spacial score (nSPS) is 15.3. The molecule has 1 N–H and O–H groups in total. The highest BCUT2D eigenvalue weighted by atomic mass is 16.6. The van der Waals surface area contributed by atoms with Gasteiger partial charge in [-0.3, -0.25) is 19.7 Å². The lowest BCUT2D eigenvalue weighted by atomic mass is 9.89. The largest absolute Gasteiger partial charge is 0.443 e. The molecule has 24 heavy (non-hydrogen) atoms. The Kier molecular flexibility index (Phi) is 4.59. The molecular formula is C17H18N2O5. The Morgan fingerprint density at radius 1 is 1.29 bits per heavy atom. The number of nitrogens with one attached hydrogen (secondary N) is 1. The van der Waals surface area contributed by atoms with Crippen molar-refractivity contribution in [2.24, 2.45) is 5.92 Å². The van der Waals surface area contributed by atoms with Crippen LogP contribution in [0.2, 0.25) is 0 Å². The number of fused-ring (bicyclic) bond motifs is 1. The molecule has 1 aliphatic carbocycles. The fraction of sp³-hybridized carbons (Fsp3) is 0.412. The second-order valence-corrected chi connectivity index (χ2v) is 6.10. The van der Waals surface area contributed by atoms with Crippen LogP contribution in [0.1, 0.15) is 42.7 Å². The van der Waals surface area contributed by atoms with Crippen molar-refractivity contribution in [3.63, 3.8) is 0 Å². The maximum atomic E-state index is 12.3. The smallest absolute Gasteiger partial charge is 0.312 e. The van der Waals surface area contributed by atoms with Crippen molar-refractivity contribution < 1.29 is 14.1 Å². The molecule has 1 amide bonds. The molecule has 0 unspecified atom stereocenters. The Hall–Kier alpha value is -2.70. The quantitative estimate of drug-likeness (QED) is 0.685. The van der Waals surface area contributed by atoms with E-state index >= 15 is 0 Å². The summed E-state index contributed by atoms with van der Waals surface area (Å²) < 4.78 is 5.38. The molecule has 0 aliphatic heterocycles. The van der Waals surface area contributed by atoms with E-state index in [1.165, 1.54) is 24.6 Å². The average molecular weight is 330 g/mol. The van der Waals surface area contributed by atoms with Crippen LogP contribution in [0.5, 0.6) is 0 Å². The summed E-state index contributed by atoms with van der Waals surface area (Å²) in [6, 6.07) is 5.19. The molecule has 0 saturated heterocycles. The molecule has 126 valence electrons. The average Bonchev–Trinajstić information content (AvgIpc) is 2.60. The third kappa shape index (κ3) is 3.29. The summed E-state index contributed by atoms with van der Waals surface area (Å²) in [7, 11) is 0. The van der Waals surface area contributed by atoms with Crippen LogP contribution in [0.4, 0.5) is 5.69 Å². The maximum absolute atomic E-state index is 12.3. The summed E-state index contributed by atoms with van der Waals surface area (Å²) in [5.74, 6) is -0.278. The third-order valence-electron chi connectivity index (χ3n) is 4.43. The minimum Gasteiger partial charge on any atom is -0.443 e. The summed E-state index contributed by atoms with van der Waals surface area (Å²) in [4.78, 5) is 34.8. The van der Waals surface area contributed by atoms with E-state index in [2.05, 4.69) is 5.32 Å². The van der Waals surface area contributed by atoms with Crippen molar-refractivity contribution in [3.05, 3.63) is 50.4 Å². The van der Waals surface area contributed by atoms with Gasteiger partial charge in [-0.2, -0.15) is 0 Å². The Balaban J connectivity index is 1.86. The second-order valence-electron chi connectivity index (χ2n) is 6.10. The van der Waals surface area contributed by atoms with Gasteiger partial charge in [-0.1, -0.05) is 25.3 Å². The van der Waals surface area contributed by atoms with Gasteiger partial charge < -0.3 is 9.73 Å². The Labute approximate surface area is 137 Å². The highest BCUT2D eigenvalue weighted by Gasteiger charge is 2.20. The molecular weight excluding hydrogens is 312 g/mol. The van der Waals surface area contributed by atoms with Crippen LogP contribution in [0, 0.1) is 16.0 Å². The van der Waals surface area contributed by atoms with Crippen molar-refractivity contribution >= 4 is 22.6 Å². The lowest BCUT2D eigenvalue weighted by Gasteiger charge is -2.21. The lowest BCUT2D eigenvalue weighted by Crippen LogP contribution is -2.30. The van der Waals surface area contributed by atoms with Crippen LogP contribution in [-0.4, -0.2) is 17.4 Å². The van der Waals surface area contributed by atoms with Crippen LogP contribution < -0.4 is 10.7 Å². The topological polar surface area (TPSA) is 102 Å². The summed E-state index contributed by atoms with van der Waals surface area (Å²) >= 11 is 0. The molecule has 7 heteroatoms. The zero-order chi connectivity index (χ0) is 17.1. The number of hydrogen-bond donors (Lipinski definition) is 1. The number of carbonyl (C=O) groups is 1. The molecule has 1 aromatic heterocycles. The van der Waals surface area contributed by atoms with E-state index in [0.29, 0.717) is 12.5 Å². The van der Waals surface area contributed by atoms with Crippen molar-refractivity contribution in [1.82, 2.24) is 5.32 Å². The van der Waals surface area contributed by atoms with Crippen molar-refractivity contribution in [1.29, 1.82) is 0 Å². The molecule has 1 aliphatic rings. The lowest BCUT2D eigenvalue weighted by molar-refractivity contribution is -0.383. The van der Waals surface area contributed by atoms with Gasteiger partial charge in [-0.25, -0.2) is 0 Å². The number of para-hydroxylation sites is 1. The van der Waals surface area contributed by atoms with Gasteiger partial charge in [0.2, 0.25) is 5.58 Å². The zero-order valence-corrected chi connectivity index (χ0v) is 13.1. The first-order valence-corrected chi connectivity index (χ1v) is 8.05. The van der Waals surface area contributed by atoms with E-state index in [-0.39, 0.29) is 22.4 Å². The standard InChI is InChI=1S/C17H18N2O5/c20-14-9-15(17(21)18-10-11-5-2-1-3-6-11)24-16-12(14)7-4-8-13(16)19(22)23/h4,7-9,11H,1-3,5-6,10H2,(H,18,21). The number of non-ortho nitro benzene ring substituents is 1. The van der Waals surface area contributed by atoms with Gasteiger partial charge >= 0.3 is 5.69 Å². The van der Waals surface area contributed by atoms with Crippen LogP contribution in [0.3, 0.4) is 0 Å². The van der Waals surface area contributed by atoms with Gasteiger partial charge in [0, 0.05) is 18.7 Å². The Morgan fingerprint density at radius 2 is 2.04 bits per heavy atom. The van der Waals surface area contributed by atoms with Crippen LogP contribution in [0.25, 0.3) is 11.0 Å². The summed E-state index contributed by atoms with van der Waals surface area (Å²) in [6.07, 6.45) is 5.71. The number of nitro groups is 1. The van der Waals surface area contributed by atoms with Gasteiger partial charge in [0.1, 0.15) is 0 Å². The van der Waals surface area contributed by atoms with E-state index in [4.69, 9.17) is 4.42 Å². The Morgan fingerprint density at radius 3 is 2.75 bits per heavy atom. The fourth-order valence-electron chi connectivity index (χ4n) is 3.13. The number of carbonyl (C=O) groups excluding carboxylic acids is 1. The molecule has 0 bridgehead atoms. The number of hydrogen-bond acceptors (Lipinski definition) is 5. The van der Waals surface area contributed by atoms with Crippen molar-refractivity contribution in [2.75, 3.05) is 6.54 Å². The summed E-state index contributed by atoms with van der Waals surface area (Å²) in [5.41, 5.74) is -0.966. The summed E-state index contributed by atoms with van der Waals surface area (Å²) in [5, 5.41) is 13.9. The SMILES string of the molecule is O=C(NCC1CCCCC1)c1cc(=O)c2cccc([N+](=O)[O-])c2o1.